The van der Waals surface area contributed by atoms with Gasteiger partial charge < -0.3 is 25.2 Å². The molecule has 0 bridgehead atoms. The molecule has 0 aliphatic carbocycles. The van der Waals surface area contributed by atoms with E-state index in [0.29, 0.717) is 23.5 Å². The van der Waals surface area contributed by atoms with Crippen molar-refractivity contribution < 1.29 is 25.2 Å². The highest BCUT2D eigenvalue weighted by atomic mass is 32.2. The van der Waals surface area contributed by atoms with Gasteiger partial charge in [0, 0.05) is 35.1 Å². The quantitative estimate of drug-likeness (QED) is 0.418. The molecule has 0 radical (unpaired) electrons. The number of rotatable bonds is 4. The van der Waals surface area contributed by atoms with Crippen LogP contribution in [-0.2, 0) is 0 Å². The molecular formula is C17H18O5S2. The van der Waals surface area contributed by atoms with Crippen molar-refractivity contribution in [3.05, 3.63) is 41.5 Å². The van der Waals surface area contributed by atoms with Crippen molar-refractivity contribution in [2.75, 3.05) is 11.5 Å². The fraction of sp³-hybridized carbons (Fsp3) is 0.294. The van der Waals surface area contributed by atoms with Crippen molar-refractivity contribution in [2.45, 2.75) is 17.8 Å². The van der Waals surface area contributed by atoms with E-state index in [4.69, 9.17) is 4.74 Å². The van der Waals surface area contributed by atoms with Crippen molar-refractivity contribution >= 4 is 24.4 Å². The van der Waals surface area contributed by atoms with Crippen LogP contribution in [0.15, 0.2) is 30.3 Å². The maximum Gasteiger partial charge on any atom is 0.157 e. The maximum absolute atomic E-state index is 10.2. The molecule has 1 unspecified atom stereocenters. The third-order valence-electron chi connectivity index (χ3n) is 3.91. The topological polar surface area (TPSA) is 90.2 Å². The van der Waals surface area contributed by atoms with Gasteiger partial charge in [-0.3, -0.25) is 0 Å². The second-order valence-corrected chi connectivity index (χ2v) is 7.31. The number of hydrogen-bond donors (Lipinski definition) is 5. The normalized spacial score (nSPS) is 19.5. The summed E-state index contributed by atoms with van der Waals surface area (Å²) >= 11 is 5.89. The van der Waals surface area contributed by atoms with Gasteiger partial charge in [0.15, 0.2) is 11.5 Å². The summed E-state index contributed by atoms with van der Waals surface area (Å²) in [6, 6.07) is 7.36. The van der Waals surface area contributed by atoms with Crippen molar-refractivity contribution in [1.82, 2.24) is 0 Å². The Morgan fingerprint density at radius 3 is 2.54 bits per heavy atom. The van der Waals surface area contributed by atoms with Crippen LogP contribution in [0.2, 0.25) is 0 Å². The summed E-state index contributed by atoms with van der Waals surface area (Å²) in [5.41, 5.74) is 1.38. The summed E-state index contributed by atoms with van der Waals surface area (Å²) in [5, 5.41) is 39.1. The first kappa shape index (κ1) is 17.0. The molecule has 7 heteroatoms. The molecule has 2 aromatic rings. The zero-order chi connectivity index (χ0) is 17.3. The number of phenols is 4. The summed E-state index contributed by atoms with van der Waals surface area (Å²) in [5.74, 6) is 1.48. The largest absolute Gasteiger partial charge is 0.508 e. The number of hydrogen-bond acceptors (Lipinski definition) is 7. The summed E-state index contributed by atoms with van der Waals surface area (Å²) < 4.78 is 5.94. The predicted molar refractivity (Wildman–Crippen MR) is 96.6 cm³/mol. The van der Waals surface area contributed by atoms with E-state index in [9.17, 15) is 20.4 Å². The zero-order valence-corrected chi connectivity index (χ0v) is 14.4. The molecule has 1 aliphatic heterocycles. The van der Waals surface area contributed by atoms with E-state index >= 15 is 0 Å². The second-order valence-electron chi connectivity index (χ2n) is 5.55. The van der Waals surface area contributed by atoms with Crippen LogP contribution in [-0.4, -0.2) is 31.9 Å². The Bertz CT molecular complexity index is 750. The Kier molecular flexibility index (Phi) is 4.91. The van der Waals surface area contributed by atoms with Crippen LogP contribution >= 0.6 is 24.4 Å². The molecule has 2 aromatic carbocycles. The standard InChI is InChI=1S/C17H18O5S2/c18-10-6-13(21)17-15(7-10)22-14(8-16(17)24-4-3-23)9-1-2-11(19)12(20)5-9/h1-2,5-7,14,16,18-21,23H,3-4,8H2/t14-,16?/m0/s1. The van der Waals surface area contributed by atoms with E-state index in [1.807, 2.05) is 0 Å². The number of aromatic hydroxyl groups is 4. The van der Waals surface area contributed by atoms with E-state index in [2.05, 4.69) is 12.6 Å². The van der Waals surface area contributed by atoms with Crippen LogP contribution in [0.4, 0.5) is 0 Å². The molecule has 0 fully saturated rings. The van der Waals surface area contributed by atoms with Gasteiger partial charge in [-0.1, -0.05) is 6.07 Å². The van der Waals surface area contributed by atoms with Gasteiger partial charge in [-0.15, -0.1) is 0 Å². The number of fused-ring (bicyclic) bond motifs is 1. The molecule has 0 spiro atoms. The summed E-state index contributed by atoms with van der Waals surface area (Å²) in [4.78, 5) is 0. The third-order valence-corrected chi connectivity index (χ3v) is 5.70. The SMILES string of the molecule is Oc1cc(O)c2c(c1)O[C@H](c1ccc(O)c(O)c1)CC2SCCS. The molecule has 4 N–H and O–H groups in total. The number of ether oxygens (including phenoxy) is 1. The lowest BCUT2D eigenvalue weighted by molar-refractivity contribution is 0.172. The van der Waals surface area contributed by atoms with E-state index < -0.39 is 0 Å². The highest BCUT2D eigenvalue weighted by Crippen LogP contribution is 2.52. The second kappa shape index (κ2) is 6.94. The molecule has 1 heterocycles. The van der Waals surface area contributed by atoms with E-state index in [0.717, 1.165) is 11.3 Å². The van der Waals surface area contributed by atoms with E-state index in [1.165, 1.54) is 24.3 Å². The van der Waals surface area contributed by atoms with Crippen LogP contribution < -0.4 is 4.74 Å². The minimum absolute atomic E-state index is 0.00803. The Morgan fingerprint density at radius 1 is 1.04 bits per heavy atom. The Hall–Kier alpha value is -1.86. The van der Waals surface area contributed by atoms with Gasteiger partial charge in [0.2, 0.25) is 0 Å². The highest BCUT2D eigenvalue weighted by Gasteiger charge is 2.32. The minimum Gasteiger partial charge on any atom is -0.508 e. The molecule has 5 nitrogen and oxygen atoms in total. The van der Waals surface area contributed by atoms with Gasteiger partial charge in [-0.05, 0) is 23.4 Å². The molecule has 0 saturated carbocycles. The molecule has 2 atom stereocenters. The summed E-state index contributed by atoms with van der Waals surface area (Å²) in [6.07, 6.45) is 0.233. The van der Waals surface area contributed by atoms with Crippen molar-refractivity contribution in [3.8, 4) is 28.7 Å². The molecule has 0 amide bonds. The first-order valence-corrected chi connectivity index (χ1v) is 9.14. The van der Waals surface area contributed by atoms with E-state index in [1.54, 1.807) is 17.8 Å². The lowest BCUT2D eigenvalue weighted by atomic mass is 9.96. The van der Waals surface area contributed by atoms with Gasteiger partial charge in [-0.2, -0.15) is 24.4 Å². The molecule has 24 heavy (non-hydrogen) atoms. The first-order valence-electron chi connectivity index (χ1n) is 7.46. The molecule has 1 aliphatic rings. The molecule has 3 rings (SSSR count). The van der Waals surface area contributed by atoms with Crippen molar-refractivity contribution in [1.29, 1.82) is 0 Å². The number of phenolic OH excluding ortho intramolecular Hbond substituents is 4. The first-order chi connectivity index (χ1) is 11.5. The third kappa shape index (κ3) is 3.32. The molecule has 0 aromatic heterocycles. The molecule has 0 saturated heterocycles. The molecular weight excluding hydrogens is 348 g/mol. The number of thiol groups is 1. The summed E-state index contributed by atoms with van der Waals surface area (Å²) in [6.45, 7) is 0. The van der Waals surface area contributed by atoms with Gasteiger partial charge >= 0.3 is 0 Å². The average molecular weight is 366 g/mol. The number of benzene rings is 2. The fourth-order valence-electron chi connectivity index (χ4n) is 2.82. The van der Waals surface area contributed by atoms with Gasteiger partial charge in [0.05, 0.1) is 0 Å². The van der Waals surface area contributed by atoms with Crippen LogP contribution in [0.3, 0.4) is 0 Å². The summed E-state index contributed by atoms with van der Waals surface area (Å²) in [7, 11) is 0. The Balaban J connectivity index is 1.98. The highest BCUT2D eigenvalue weighted by molar-refractivity contribution is 8.00. The van der Waals surface area contributed by atoms with Crippen molar-refractivity contribution in [2.24, 2.45) is 0 Å². The van der Waals surface area contributed by atoms with Crippen LogP contribution in [0.5, 0.6) is 28.7 Å². The monoisotopic (exact) mass is 366 g/mol. The van der Waals surface area contributed by atoms with Crippen molar-refractivity contribution in [3.63, 3.8) is 0 Å². The van der Waals surface area contributed by atoms with Gasteiger partial charge in [0.1, 0.15) is 23.4 Å². The minimum atomic E-state index is -0.359. The lowest BCUT2D eigenvalue weighted by Gasteiger charge is -2.32. The Morgan fingerprint density at radius 2 is 1.83 bits per heavy atom. The van der Waals surface area contributed by atoms with E-state index in [-0.39, 0.29) is 34.4 Å². The van der Waals surface area contributed by atoms with Gasteiger partial charge in [0.25, 0.3) is 0 Å². The number of thioether (sulfide) groups is 1. The van der Waals surface area contributed by atoms with Crippen LogP contribution in [0.1, 0.15) is 28.9 Å². The van der Waals surface area contributed by atoms with Crippen LogP contribution in [0.25, 0.3) is 0 Å². The molecule has 128 valence electrons. The average Bonchev–Trinajstić information content (AvgIpc) is 2.54. The fourth-order valence-corrected chi connectivity index (χ4v) is 4.24. The van der Waals surface area contributed by atoms with Crippen LogP contribution in [0, 0.1) is 0 Å². The zero-order valence-electron chi connectivity index (χ0n) is 12.7. The maximum atomic E-state index is 10.2. The predicted octanol–water partition coefficient (Wildman–Crippen LogP) is 3.74. The smallest absolute Gasteiger partial charge is 0.157 e. The lowest BCUT2D eigenvalue weighted by Crippen LogP contribution is -2.18. The Labute approximate surface area is 149 Å². The van der Waals surface area contributed by atoms with Gasteiger partial charge in [-0.25, -0.2) is 0 Å².